The Balaban J connectivity index is 1.65. The highest BCUT2D eigenvalue weighted by atomic mass is 16.5. The van der Waals surface area contributed by atoms with E-state index in [4.69, 9.17) is 9.47 Å². The molecule has 0 saturated heterocycles. The molecule has 8 heteroatoms. The molecule has 1 heterocycles. The van der Waals surface area contributed by atoms with E-state index in [1.165, 1.54) is 12.0 Å². The van der Waals surface area contributed by atoms with Crippen LogP contribution in [-0.4, -0.2) is 54.7 Å². The number of hydrogen-bond acceptors (Lipinski definition) is 5. The zero-order chi connectivity index (χ0) is 20.1. The molecule has 2 amide bonds. The molecule has 1 aromatic heterocycles. The van der Waals surface area contributed by atoms with Crippen LogP contribution in [0.1, 0.15) is 16.1 Å². The highest BCUT2D eigenvalue weighted by Gasteiger charge is 2.14. The number of aromatic nitrogens is 2. The molecule has 0 bridgehead atoms. The van der Waals surface area contributed by atoms with Crippen LogP contribution < -0.4 is 14.8 Å². The van der Waals surface area contributed by atoms with Crippen LogP contribution in [0.5, 0.6) is 11.5 Å². The lowest BCUT2D eigenvalue weighted by Crippen LogP contribution is -2.27. The van der Waals surface area contributed by atoms with E-state index in [1.54, 1.807) is 32.3 Å². The molecule has 0 aliphatic rings. The normalized spacial score (nSPS) is 10.5. The molecule has 3 rings (SSSR count). The van der Waals surface area contributed by atoms with E-state index in [9.17, 15) is 9.59 Å². The number of fused-ring (bicyclic) bond motifs is 1. The van der Waals surface area contributed by atoms with Gasteiger partial charge in [0.2, 0.25) is 0 Å². The standard InChI is InChI=1S/C20H22N4O4/c1-24(2)18(25)12-28-16-9-8-13(10-17(16)27-3)11-21-20(26)19-14-6-4-5-7-15(14)22-23-19/h4-10H,11-12H2,1-3H3,(H,21,26)(H,22,23). The molecule has 2 aromatic carbocycles. The van der Waals surface area contributed by atoms with Crippen molar-refractivity contribution in [2.45, 2.75) is 6.54 Å². The molecule has 0 fully saturated rings. The summed E-state index contributed by atoms with van der Waals surface area (Å²) in [5.74, 6) is 0.535. The van der Waals surface area contributed by atoms with E-state index in [0.717, 1.165) is 16.5 Å². The number of H-pyrrole nitrogens is 1. The van der Waals surface area contributed by atoms with Crippen LogP contribution in [0.15, 0.2) is 42.5 Å². The maximum absolute atomic E-state index is 12.5. The molecule has 28 heavy (non-hydrogen) atoms. The van der Waals surface area contributed by atoms with Crippen LogP contribution in [0.4, 0.5) is 0 Å². The van der Waals surface area contributed by atoms with Crippen molar-refractivity contribution in [1.82, 2.24) is 20.4 Å². The van der Waals surface area contributed by atoms with Crippen molar-refractivity contribution in [3.8, 4) is 11.5 Å². The molecule has 0 atom stereocenters. The number of aromatic amines is 1. The number of carbonyl (C=O) groups excluding carboxylic acids is 2. The summed E-state index contributed by atoms with van der Waals surface area (Å²) >= 11 is 0. The summed E-state index contributed by atoms with van der Waals surface area (Å²) in [6.07, 6.45) is 0. The van der Waals surface area contributed by atoms with E-state index in [-0.39, 0.29) is 18.4 Å². The summed E-state index contributed by atoms with van der Waals surface area (Å²) < 4.78 is 10.9. The number of hydrogen-bond donors (Lipinski definition) is 2. The number of benzene rings is 2. The lowest BCUT2D eigenvalue weighted by atomic mass is 10.2. The van der Waals surface area contributed by atoms with E-state index in [1.807, 2.05) is 24.3 Å². The van der Waals surface area contributed by atoms with Gasteiger partial charge in [-0.3, -0.25) is 14.7 Å². The lowest BCUT2D eigenvalue weighted by molar-refractivity contribution is -0.130. The number of amides is 2. The first kappa shape index (κ1) is 19.2. The van der Waals surface area contributed by atoms with Crippen molar-refractivity contribution in [3.63, 3.8) is 0 Å². The van der Waals surface area contributed by atoms with Gasteiger partial charge in [-0.25, -0.2) is 0 Å². The van der Waals surface area contributed by atoms with Crippen molar-refractivity contribution < 1.29 is 19.1 Å². The van der Waals surface area contributed by atoms with Crippen molar-refractivity contribution >= 4 is 22.7 Å². The number of ether oxygens (including phenoxy) is 2. The van der Waals surface area contributed by atoms with E-state index in [0.29, 0.717) is 23.7 Å². The highest BCUT2D eigenvalue weighted by Crippen LogP contribution is 2.28. The van der Waals surface area contributed by atoms with Gasteiger partial charge in [0, 0.05) is 26.0 Å². The number of methoxy groups -OCH3 is 1. The van der Waals surface area contributed by atoms with Gasteiger partial charge in [0.25, 0.3) is 11.8 Å². The molecular weight excluding hydrogens is 360 g/mol. The van der Waals surface area contributed by atoms with Crippen LogP contribution in [0.25, 0.3) is 10.9 Å². The summed E-state index contributed by atoms with van der Waals surface area (Å²) in [4.78, 5) is 25.6. The molecule has 146 valence electrons. The largest absolute Gasteiger partial charge is 0.493 e. The molecular formula is C20H22N4O4. The van der Waals surface area contributed by atoms with Crippen molar-refractivity contribution in [2.75, 3.05) is 27.8 Å². The highest BCUT2D eigenvalue weighted by molar-refractivity contribution is 6.04. The van der Waals surface area contributed by atoms with Crippen molar-refractivity contribution in [1.29, 1.82) is 0 Å². The van der Waals surface area contributed by atoms with Crippen LogP contribution in [0, 0.1) is 0 Å². The van der Waals surface area contributed by atoms with Gasteiger partial charge < -0.3 is 19.7 Å². The Kier molecular flexibility index (Phi) is 5.78. The molecule has 8 nitrogen and oxygen atoms in total. The average molecular weight is 382 g/mol. The van der Waals surface area contributed by atoms with Crippen molar-refractivity contribution in [2.24, 2.45) is 0 Å². The third-order valence-corrected chi connectivity index (χ3v) is 4.22. The van der Waals surface area contributed by atoms with Gasteiger partial charge >= 0.3 is 0 Å². The maximum atomic E-state index is 12.5. The Hall–Kier alpha value is -3.55. The fraction of sp³-hybridized carbons (Fsp3) is 0.250. The Labute approximate surface area is 162 Å². The van der Waals surface area contributed by atoms with Gasteiger partial charge in [-0.05, 0) is 23.8 Å². The fourth-order valence-electron chi connectivity index (χ4n) is 2.61. The van der Waals surface area contributed by atoms with Crippen LogP contribution in [-0.2, 0) is 11.3 Å². The monoisotopic (exact) mass is 382 g/mol. The molecule has 0 unspecified atom stereocenters. The van der Waals surface area contributed by atoms with Crippen LogP contribution >= 0.6 is 0 Å². The number of nitrogens with zero attached hydrogens (tertiary/aromatic N) is 2. The fourth-order valence-corrected chi connectivity index (χ4v) is 2.61. The number of para-hydroxylation sites is 1. The first-order chi connectivity index (χ1) is 13.5. The minimum absolute atomic E-state index is 0.0777. The lowest BCUT2D eigenvalue weighted by Gasteiger charge is -2.14. The second kappa shape index (κ2) is 8.43. The predicted molar refractivity (Wildman–Crippen MR) is 104 cm³/mol. The predicted octanol–water partition coefficient (Wildman–Crippen LogP) is 1.97. The Morgan fingerprint density at radius 2 is 1.93 bits per heavy atom. The van der Waals surface area contributed by atoms with E-state index in [2.05, 4.69) is 15.5 Å². The summed E-state index contributed by atoms with van der Waals surface area (Å²) in [5, 5.41) is 10.6. The second-order valence-corrected chi connectivity index (χ2v) is 6.36. The minimum Gasteiger partial charge on any atom is -0.493 e. The average Bonchev–Trinajstić information content (AvgIpc) is 3.14. The first-order valence-corrected chi connectivity index (χ1v) is 8.70. The van der Waals surface area contributed by atoms with E-state index >= 15 is 0 Å². The van der Waals surface area contributed by atoms with Gasteiger partial charge in [-0.15, -0.1) is 0 Å². The number of carbonyl (C=O) groups is 2. The number of nitrogens with one attached hydrogen (secondary N) is 2. The molecule has 0 aliphatic heterocycles. The molecule has 0 radical (unpaired) electrons. The topological polar surface area (TPSA) is 96.5 Å². The van der Waals surface area contributed by atoms with E-state index < -0.39 is 0 Å². The zero-order valence-corrected chi connectivity index (χ0v) is 16.0. The number of likely N-dealkylation sites (N-methyl/N-ethyl adjacent to an activating group) is 1. The smallest absolute Gasteiger partial charge is 0.272 e. The van der Waals surface area contributed by atoms with Gasteiger partial charge in [0.15, 0.2) is 23.8 Å². The Morgan fingerprint density at radius 3 is 2.68 bits per heavy atom. The quantitative estimate of drug-likeness (QED) is 0.651. The summed E-state index contributed by atoms with van der Waals surface area (Å²) in [7, 11) is 4.85. The molecule has 3 aromatic rings. The Bertz CT molecular complexity index is 997. The van der Waals surface area contributed by atoms with Crippen LogP contribution in [0.2, 0.25) is 0 Å². The Morgan fingerprint density at radius 1 is 1.14 bits per heavy atom. The summed E-state index contributed by atoms with van der Waals surface area (Å²) in [6, 6.07) is 12.7. The van der Waals surface area contributed by atoms with Crippen LogP contribution in [0.3, 0.4) is 0 Å². The van der Waals surface area contributed by atoms with Gasteiger partial charge in [0.1, 0.15) is 0 Å². The number of rotatable bonds is 7. The summed E-state index contributed by atoms with van der Waals surface area (Å²) in [6.45, 7) is 0.221. The van der Waals surface area contributed by atoms with Crippen molar-refractivity contribution in [3.05, 3.63) is 53.7 Å². The first-order valence-electron chi connectivity index (χ1n) is 8.70. The molecule has 0 aliphatic carbocycles. The maximum Gasteiger partial charge on any atom is 0.272 e. The minimum atomic E-state index is -0.270. The molecule has 0 saturated carbocycles. The van der Waals surface area contributed by atoms with Gasteiger partial charge in [-0.2, -0.15) is 5.10 Å². The van der Waals surface area contributed by atoms with Gasteiger partial charge in [0.05, 0.1) is 12.6 Å². The summed E-state index contributed by atoms with van der Waals surface area (Å²) in [5.41, 5.74) is 1.99. The second-order valence-electron chi connectivity index (χ2n) is 6.36. The molecule has 0 spiro atoms. The van der Waals surface area contributed by atoms with Gasteiger partial charge in [-0.1, -0.05) is 24.3 Å². The SMILES string of the molecule is COc1cc(CNC(=O)c2n[nH]c3ccccc23)ccc1OCC(=O)N(C)C. The molecule has 2 N–H and O–H groups in total. The zero-order valence-electron chi connectivity index (χ0n) is 16.0. The third kappa shape index (κ3) is 4.22. The third-order valence-electron chi connectivity index (χ3n) is 4.22.